The number of alkyl halides is 15. The monoisotopic (exact) mass is 559 g/mol. The highest BCUT2D eigenvalue weighted by Crippen LogP contribution is 2.62. The van der Waals surface area contributed by atoms with Gasteiger partial charge in [0.1, 0.15) is 5.70 Å². The average Bonchev–Trinajstić information content (AvgIpc) is 3.38. The number of hydrogen-bond acceptors (Lipinski definition) is 3. The van der Waals surface area contributed by atoms with Crippen molar-refractivity contribution in [1.82, 2.24) is 15.1 Å². The average molecular weight is 559 g/mol. The summed E-state index contributed by atoms with van der Waals surface area (Å²) in [4.78, 5) is 34.9. The van der Waals surface area contributed by atoms with Crippen molar-refractivity contribution in [3.63, 3.8) is 0 Å². The molecule has 0 aromatic rings. The van der Waals surface area contributed by atoms with Gasteiger partial charge in [-0.25, -0.2) is 4.79 Å². The molecule has 0 aliphatic carbocycles. The maximum atomic E-state index is 14.2. The molecule has 1 fully saturated rings. The number of halogens is 15. The van der Waals surface area contributed by atoms with Crippen molar-refractivity contribution in [2.75, 3.05) is 0 Å². The van der Waals surface area contributed by atoms with Crippen LogP contribution < -0.4 is 5.32 Å². The number of imide groups is 1. The van der Waals surface area contributed by atoms with Gasteiger partial charge in [0.15, 0.2) is 0 Å². The predicted molar refractivity (Wildman–Crippen MR) is 77.7 cm³/mol. The number of nitrogens with zero attached hydrogens (tertiary/aromatic N) is 2. The molecule has 0 aromatic heterocycles. The standard InChI is InChI=1S/C15H4F15N3O3/c16-9(17,7(35)32-2-3-1-4(32)5-6(34)31-8(36)33(3)5)10(18,19)11(20,21)12(22,23)13(24,25)14(26,27)15(28,29)30/h2H,1H2,(H,31,34,36). The molecular formula is C15H4F15N3O3. The SMILES string of the molecule is O=C1NC(=O)N2C3=CN(C(=O)C(F)(F)C(F)(F)C(F)(F)C(F)(F)C(F)(F)C(F)(F)C(F)(F)F)C(=C12)C3. The summed E-state index contributed by atoms with van der Waals surface area (Å²) in [5, 5.41) is 1.55. The highest BCUT2D eigenvalue weighted by molar-refractivity contribution is 6.14. The lowest BCUT2D eigenvalue weighted by molar-refractivity contribution is -0.449. The summed E-state index contributed by atoms with van der Waals surface area (Å²) in [5.74, 6) is -53.8. The molecule has 6 nitrogen and oxygen atoms in total. The van der Waals surface area contributed by atoms with Crippen molar-refractivity contribution in [2.24, 2.45) is 0 Å². The molecule has 36 heavy (non-hydrogen) atoms. The summed E-state index contributed by atoms with van der Waals surface area (Å²) in [6.45, 7) is 0. The van der Waals surface area contributed by atoms with Gasteiger partial charge >= 0.3 is 53.6 Å². The van der Waals surface area contributed by atoms with Crippen molar-refractivity contribution in [3.05, 3.63) is 23.3 Å². The number of carbonyl (C=O) groups is 3. The highest BCUT2D eigenvalue weighted by atomic mass is 19.4. The molecule has 3 aliphatic heterocycles. The Bertz CT molecular complexity index is 1120. The van der Waals surface area contributed by atoms with Crippen LogP contribution in [0.15, 0.2) is 23.3 Å². The van der Waals surface area contributed by atoms with E-state index in [0.717, 1.165) is 0 Å². The minimum atomic E-state index is -8.54. The van der Waals surface area contributed by atoms with E-state index in [1.807, 2.05) is 0 Å². The van der Waals surface area contributed by atoms with Gasteiger partial charge in [-0.1, -0.05) is 0 Å². The Morgan fingerprint density at radius 3 is 1.64 bits per heavy atom. The lowest BCUT2D eigenvalue weighted by Gasteiger charge is -2.41. The Labute approximate surface area is 185 Å². The van der Waals surface area contributed by atoms with E-state index in [1.54, 1.807) is 5.32 Å². The Kier molecular flexibility index (Phi) is 5.32. The number of carbonyl (C=O) groups excluding carboxylic acids is 3. The first-order valence-corrected chi connectivity index (χ1v) is 8.57. The zero-order valence-electron chi connectivity index (χ0n) is 16.1. The second kappa shape index (κ2) is 6.99. The molecule has 2 bridgehead atoms. The zero-order valence-corrected chi connectivity index (χ0v) is 16.1. The minimum absolute atomic E-state index is 0.0754. The maximum absolute atomic E-state index is 14.2. The molecule has 3 rings (SSSR count). The molecule has 3 heterocycles. The van der Waals surface area contributed by atoms with Crippen LogP contribution in [0.25, 0.3) is 0 Å². The molecule has 0 unspecified atom stereocenters. The van der Waals surface area contributed by atoms with Crippen LogP contribution in [0.2, 0.25) is 0 Å². The fourth-order valence-corrected chi connectivity index (χ4v) is 3.25. The topological polar surface area (TPSA) is 69.7 Å². The molecule has 21 heteroatoms. The number of amides is 4. The van der Waals surface area contributed by atoms with Crippen molar-refractivity contribution >= 4 is 17.8 Å². The van der Waals surface area contributed by atoms with E-state index in [0.29, 0.717) is 4.90 Å². The number of nitrogens with one attached hydrogen (secondary N) is 1. The van der Waals surface area contributed by atoms with Crippen LogP contribution in [-0.2, 0) is 9.59 Å². The van der Waals surface area contributed by atoms with Gasteiger partial charge in [-0.2, -0.15) is 65.9 Å². The Hall–Kier alpha value is -3.16. The fraction of sp³-hybridized carbons (Fsp3) is 0.533. The Morgan fingerprint density at radius 1 is 0.722 bits per heavy atom. The summed E-state index contributed by atoms with van der Waals surface area (Å²) >= 11 is 0. The molecule has 1 saturated heterocycles. The van der Waals surface area contributed by atoms with Gasteiger partial charge in [0.2, 0.25) is 0 Å². The molecule has 202 valence electrons. The quantitative estimate of drug-likeness (QED) is 0.392. The Morgan fingerprint density at radius 2 is 1.17 bits per heavy atom. The molecule has 4 amide bonds. The third kappa shape index (κ3) is 2.93. The van der Waals surface area contributed by atoms with E-state index >= 15 is 0 Å². The van der Waals surface area contributed by atoms with Crippen molar-refractivity contribution in [2.45, 2.75) is 48.1 Å². The van der Waals surface area contributed by atoms with Crippen molar-refractivity contribution < 1.29 is 80.2 Å². The number of fused-ring (bicyclic) bond motifs is 4. The van der Waals surface area contributed by atoms with E-state index < -0.39 is 88.0 Å². The minimum Gasteiger partial charge on any atom is -0.282 e. The number of urea groups is 1. The van der Waals surface area contributed by atoms with Crippen molar-refractivity contribution in [3.8, 4) is 0 Å². The van der Waals surface area contributed by atoms with Gasteiger partial charge in [0.05, 0.1) is 11.4 Å². The first kappa shape index (κ1) is 27.4. The lowest BCUT2D eigenvalue weighted by atomic mass is 9.90. The van der Waals surface area contributed by atoms with E-state index in [-0.39, 0.29) is 6.20 Å². The normalized spacial score (nSPS) is 19.8. The predicted octanol–water partition coefficient (Wildman–Crippen LogP) is 4.21. The molecule has 0 aromatic carbocycles. The van der Waals surface area contributed by atoms with Gasteiger partial charge in [-0.3, -0.25) is 24.7 Å². The number of rotatable bonds is 6. The fourth-order valence-electron chi connectivity index (χ4n) is 3.25. The second-order valence-corrected chi connectivity index (χ2v) is 7.31. The van der Waals surface area contributed by atoms with E-state index in [2.05, 4.69) is 0 Å². The van der Waals surface area contributed by atoms with Gasteiger partial charge in [-0.15, -0.1) is 0 Å². The van der Waals surface area contributed by atoms with E-state index in [1.165, 1.54) is 0 Å². The molecule has 0 spiro atoms. The van der Waals surface area contributed by atoms with Gasteiger partial charge in [-0.05, 0) is 0 Å². The lowest BCUT2D eigenvalue weighted by Crippen LogP contribution is -2.73. The Balaban J connectivity index is 2.04. The third-order valence-corrected chi connectivity index (χ3v) is 5.16. The summed E-state index contributed by atoms with van der Waals surface area (Å²) in [5.41, 5.74) is -2.60. The summed E-state index contributed by atoms with van der Waals surface area (Å²) < 4.78 is 199. The van der Waals surface area contributed by atoms with Gasteiger partial charge < -0.3 is 0 Å². The molecule has 0 radical (unpaired) electrons. The second-order valence-electron chi connectivity index (χ2n) is 7.31. The smallest absolute Gasteiger partial charge is 0.282 e. The third-order valence-electron chi connectivity index (χ3n) is 5.16. The van der Waals surface area contributed by atoms with Crippen LogP contribution in [-0.4, -0.2) is 69.4 Å². The van der Waals surface area contributed by atoms with Crippen LogP contribution >= 0.6 is 0 Å². The van der Waals surface area contributed by atoms with Crippen LogP contribution in [0.3, 0.4) is 0 Å². The van der Waals surface area contributed by atoms with Gasteiger partial charge in [0.25, 0.3) is 5.91 Å². The molecule has 1 N–H and O–H groups in total. The van der Waals surface area contributed by atoms with Crippen LogP contribution in [0, 0.1) is 0 Å². The van der Waals surface area contributed by atoms with Crippen LogP contribution in [0.1, 0.15) is 6.42 Å². The molecule has 3 aliphatic rings. The zero-order chi connectivity index (χ0) is 28.2. The first-order valence-electron chi connectivity index (χ1n) is 8.57. The molecule has 0 atom stereocenters. The van der Waals surface area contributed by atoms with E-state index in [4.69, 9.17) is 0 Å². The first-order chi connectivity index (χ1) is 15.8. The van der Waals surface area contributed by atoms with E-state index in [9.17, 15) is 80.2 Å². The molecular weight excluding hydrogens is 555 g/mol. The summed E-state index contributed by atoms with van der Waals surface area (Å²) in [6.07, 6.45) is -8.50. The maximum Gasteiger partial charge on any atom is 0.460 e. The summed E-state index contributed by atoms with van der Waals surface area (Å²) in [7, 11) is 0. The highest BCUT2D eigenvalue weighted by Gasteiger charge is 2.94. The largest absolute Gasteiger partial charge is 0.460 e. The van der Waals surface area contributed by atoms with Gasteiger partial charge in [0, 0.05) is 12.6 Å². The number of hydrogen-bond donors (Lipinski definition) is 1. The van der Waals surface area contributed by atoms with Crippen molar-refractivity contribution in [1.29, 1.82) is 0 Å². The molecule has 0 saturated carbocycles. The summed E-state index contributed by atoms with van der Waals surface area (Å²) in [6, 6.07) is -1.24. The van der Waals surface area contributed by atoms with Crippen LogP contribution in [0.5, 0.6) is 0 Å². The van der Waals surface area contributed by atoms with Crippen LogP contribution in [0.4, 0.5) is 70.7 Å².